The van der Waals surface area contributed by atoms with Crippen molar-refractivity contribution in [3.8, 4) is 0 Å². The van der Waals surface area contributed by atoms with Crippen molar-refractivity contribution in [1.82, 2.24) is 15.5 Å². The highest BCUT2D eigenvalue weighted by atomic mass is 32.2. The zero-order valence-electron chi connectivity index (χ0n) is 10.6. The molecule has 1 aliphatic heterocycles. The number of aromatic nitrogens is 2. The SMILES string of the molecule is CS(=O)(=O)Cc1noc(CCC2CCCNC2)n1. The maximum absolute atomic E-state index is 11.1. The first kappa shape index (κ1) is 13.5. The third-order valence-electron chi connectivity index (χ3n) is 3.07. The lowest BCUT2D eigenvalue weighted by atomic mass is 9.95. The van der Waals surface area contributed by atoms with Crippen LogP contribution in [-0.4, -0.2) is 37.9 Å². The summed E-state index contributed by atoms with van der Waals surface area (Å²) in [7, 11) is -3.09. The van der Waals surface area contributed by atoms with Crippen LogP contribution in [0.1, 0.15) is 31.0 Å². The first-order valence-corrected chi connectivity index (χ1v) is 8.29. The van der Waals surface area contributed by atoms with Crippen LogP contribution in [0.4, 0.5) is 0 Å². The number of aryl methyl sites for hydroxylation is 1. The summed E-state index contributed by atoms with van der Waals surface area (Å²) in [6, 6.07) is 0. The third-order valence-corrected chi connectivity index (χ3v) is 3.85. The quantitative estimate of drug-likeness (QED) is 0.843. The lowest BCUT2D eigenvalue weighted by molar-refractivity contribution is 0.326. The van der Waals surface area contributed by atoms with Crippen LogP contribution in [0.5, 0.6) is 0 Å². The molecular formula is C11H19N3O3S. The molecule has 0 bridgehead atoms. The monoisotopic (exact) mass is 273 g/mol. The maximum Gasteiger partial charge on any atom is 0.226 e. The van der Waals surface area contributed by atoms with Gasteiger partial charge < -0.3 is 9.84 Å². The van der Waals surface area contributed by atoms with E-state index in [1.165, 1.54) is 12.8 Å². The second-order valence-corrected chi connectivity index (χ2v) is 7.07. The molecule has 1 aromatic rings. The molecule has 0 saturated carbocycles. The Labute approximate surface area is 107 Å². The second-order valence-electron chi connectivity index (χ2n) is 4.93. The summed E-state index contributed by atoms with van der Waals surface area (Å²) in [6.45, 7) is 2.15. The van der Waals surface area contributed by atoms with Crippen molar-refractivity contribution in [2.75, 3.05) is 19.3 Å². The van der Waals surface area contributed by atoms with E-state index >= 15 is 0 Å². The van der Waals surface area contributed by atoms with Crippen molar-refractivity contribution >= 4 is 9.84 Å². The number of nitrogens with one attached hydrogen (secondary N) is 1. The Balaban J connectivity index is 1.82. The molecular weight excluding hydrogens is 254 g/mol. The van der Waals surface area contributed by atoms with E-state index in [-0.39, 0.29) is 11.6 Å². The first-order valence-electron chi connectivity index (χ1n) is 6.23. The van der Waals surface area contributed by atoms with Gasteiger partial charge in [0.05, 0.1) is 0 Å². The standard InChI is InChI=1S/C11H19N3O3S/c1-18(15,16)8-10-13-11(17-14-10)5-4-9-3-2-6-12-7-9/h9,12H,2-8H2,1H3. The minimum Gasteiger partial charge on any atom is -0.339 e. The minimum atomic E-state index is -3.09. The number of rotatable bonds is 5. The smallest absolute Gasteiger partial charge is 0.226 e. The van der Waals surface area contributed by atoms with Gasteiger partial charge in [-0.1, -0.05) is 5.16 Å². The van der Waals surface area contributed by atoms with Crippen LogP contribution < -0.4 is 5.32 Å². The second kappa shape index (κ2) is 5.79. The van der Waals surface area contributed by atoms with E-state index in [0.29, 0.717) is 11.8 Å². The molecule has 1 atom stereocenters. The van der Waals surface area contributed by atoms with Gasteiger partial charge >= 0.3 is 0 Å². The molecule has 18 heavy (non-hydrogen) atoms. The largest absolute Gasteiger partial charge is 0.339 e. The van der Waals surface area contributed by atoms with Crippen LogP contribution in [0, 0.1) is 5.92 Å². The van der Waals surface area contributed by atoms with Crippen molar-refractivity contribution in [2.24, 2.45) is 5.92 Å². The van der Waals surface area contributed by atoms with Gasteiger partial charge in [-0.3, -0.25) is 0 Å². The Morgan fingerprint density at radius 3 is 3.00 bits per heavy atom. The molecule has 0 aromatic carbocycles. The van der Waals surface area contributed by atoms with Gasteiger partial charge in [0.1, 0.15) is 5.75 Å². The highest BCUT2D eigenvalue weighted by Gasteiger charge is 2.16. The van der Waals surface area contributed by atoms with Gasteiger partial charge in [0.2, 0.25) is 5.89 Å². The predicted molar refractivity (Wildman–Crippen MR) is 66.8 cm³/mol. The van der Waals surface area contributed by atoms with Crippen molar-refractivity contribution in [3.63, 3.8) is 0 Å². The fraction of sp³-hybridized carbons (Fsp3) is 0.818. The molecule has 7 heteroatoms. The van der Waals surface area contributed by atoms with Gasteiger partial charge in [0, 0.05) is 12.7 Å². The summed E-state index contributed by atoms with van der Waals surface area (Å²) >= 11 is 0. The molecule has 0 radical (unpaired) electrons. The summed E-state index contributed by atoms with van der Waals surface area (Å²) in [5.74, 6) is 1.30. The molecule has 1 N–H and O–H groups in total. The molecule has 1 unspecified atom stereocenters. The van der Waals surface area contributed by atoms with E-state index < -0.39 is 9.84 Å². The molecule has 2 heterocycles. The van der Waals surface area contributed by atoms with Gasteiger partial charge in [-0.05, 0) is 38.3 Å². The Bertz CT molecular complexity index is 477. The van der Waals surface area contributed by atoms with Gasteiger partial charge in [0.25, 0.3) is 0 Å². The van der Waals surface area contributed by atoms with Crippen LogP contribution >= 0.6 is 0 Å². The highest BCUT2D eigenvalue weighted by Crippen LogP contribution is 2.16. The maximum atomic E-state index is 11.1. The van der Waals surface area contributed by atoms with Gasteiger partial charge in [-0.15, -0.1) is 0 Å². The fourth-order valence-electron chi connectivity index (χ4n) is 2.18. The Morgan fingerprint density at radius 2 is 2.33 bits per heavy atom. The van der Waals surface area contributed by atoms with Gasteiger partial charge in [-0.2, -0.15) is 4.98 Å². The number of hydrogen-bond acceptors (Lipinski definition) is 6. The summed E-state index contributed by atoms with van der Waals surface area (Å²) < 4.78 is 27.2. The highest BCUT2D eigenvalue weighted by molar-refractivity contribution is 7.89. The van der Waals surface area contributed by atoms with E-state index in [9.17, 15) is 8.42 Å². The van der Waals surface area contributed by atoms with Crippen LogP contribution in [0.3, 0.4) is 0 Å². The Hall–Kier alpha value is -0.950. The number of sulfone groups is 1. The normalized spacial score (nSPS) is 21.1. The van der Waals surface area contributed by atoms with E-state index in [2.05, 4.69) is 15.5 Å². The van der Waals surface area contributed by atoms with Crippen LogP contribution in [0.2, 0.25) is 0 Å². The van der Waals surface area contributed by atoms with Gasteiger partial charge in [-0.25, -0.2) is 8.42 Å². The van der Waals surface area contributed by atoms with E-state index in [4.69, 9.17) is 4.52 Å². The molecule has 1 aromatic heterocycles. The lowest BCUT2D eigenvalue weighted by Gasteiger charge is -2.21. The lowest BCUT2D eigenvalue weighted by Crippen LogP contribution is -2.29. The van der Waals surface area contributed by atoms with Crippen molar-refractivity contribution in [3.05, 3.63) is 11.7 Å². The average Bonchev–Trinajstić information content (AvgIpc) is 2.73. The molecule has 102 valence electrons. The number of nitrogens with zero attached hydrogens (tertiary/aromatic N) is 2. The van der Waals surface area contributed by atoms with Gasteiger partial charge in [0.15, 0.2) is 15.7 Å². The van der Waals surface area contributed by atoms with Crippen LogP contribution in [-0.2, 0) is 22.0 Å². The molecule has 1 fully saturated rings. The zero-order valence-corrected chi connectivity index (χ0v) is 11.4. The summed E-state index contributed by atoms with van der Waals surface area (Å²) in [6.07, 6.45) is 5.35. The summed E-state index contributed by atoms with van der Waals surface area (Å²) in [5.41, 5.74) is 0. The van der Waals surface area contributed by atoms with E-state index in [1.54, 1.807) is 0 Å². The number of piperidine rings is 1. The molecule has 0 spiro atoms. The van der Waals surface area contributed by atoms with Crippen LogP contribution in [0.15, 0.2) is 4.52 Å². The molecule has 1 aliphatic rings. The molecule has 0 aliphatic carbocycles. The van der Waals surface area contributed by atoms with Crippen LogP contribution in [0.25, 0.3) is 0 Å². The first-order chi connectivity index (χ1) is 8.53. The zero-order chi connectivity index (χ0) is 13.0. The number of hydrogen-bond donors (Lipinski definition) is 1. The van der Waals surface area contributed by atoms with Crippen molar-refractivity contribution in [1.29, 1.82) is 0 Å². The van der Waals surface area contributed by atoms with Crippen molar-refractivity contribution in [2.45, 2.75) is 31.4 Å². The fourth-order valence-corrected chi connectivity index (χ4v) is 2.77. The molecule has 0 amide bonds. The predicted octanol–water partition coefficient (Wildman–Crippen LogP) is 0.546. The van der Waals surface area contributed by atoms with E-state index in [1.807, 2.05) is 0 Å². The molecule has 2 rings (SSSR count). The topological polar surface area (TPSA) is 85.1 Å². The summed E-state index contributed by atoms with van der Waals surface area (Å²) in [5, 5.41) is 7.05. The van der Waals surface area contributed by atoms with E-state index in [0.717, 1.165) is 32.2 Å². The minimum absolute atomic E-state index is 0.151. The Kier molecular flexibility index (Phi) is 4.34. The van der Waals surface area contributed by atoms with Crippen molar-refractivity contribution < 1.29 is 12.9 Å². The third kappa shape index (κ3) is 4.38. The Morgan fingerprint density at radius 1 is 1.50 bits per heavy atom. The molecule has 6 nitrogen and oxygen atoms in total. The molecule has 1 saturated heterocycles. The summed E-state index contributed by atoms with van der Waals surface area (Å²) in [4.78, 5) is 4.10. The average molecular weight is 273 g/mol.